The van der Waals surface area contributed by atoms with Crippen molar-refractivity contribution in [3.8, 4) is 0 Å². The van der Waals surface area contributed by atoms with Crippen LogP contribution in [0.4, 0.5) is 13.2 Å². The molecule has 0 unspecified atom stereocenters. The second-order valence-corrected chi connectivity index (χ2v) is 9.84. The average Bonchev–Trinajstić information content (AvgIpc) is 3.40. The first-order valence-corrected chi connectivity index (χ1v) is 12.2. The van der Waals surface area contributed by atoms with Crippen LogP contribution in [0.5, 0.6) is 0 Å². The zero-order chi connectivity index (χ0) is 24.5. The molecule has 3 aromatic rings. The monoisotopic (exact) mass is 496 g/mol. The summed E-state index contributed by atoms with van der Waals surface area (Å²) < 4.78 is 67.3. The zero-order valence-electron chi connectivity index (χ0n) is 18.1. The number of hydrogen-bond donors (Lipinski definition) is 1. The Morgan fingerprint density at radius 1 is 1.00 bits per heavy atom. The quantitative estimate of drug-likeness (QED) is 0.542. The summed E-state index contributed by atoms with van der Waals surface area (Å²) in [4.78, 5) is 27.2. The Labute approximate surface area is 193 Å². The molecule has 4 rings (SSSR count). The van der Waals surface area contributed by atoms with Crippen molar-refractivity contribution in [1.82, 2.24) is 18.8 Å². The molecule has 1 aromatic heterocycles. The number of para-hydroxylation sites is 2. The molecule has 0 radical (unpaired) electrons. The van der Waals surface area contributed by atoms with Crippen LogP contribution in [0.25, 0.3) is 11.0 Å². The molecule has 182 valence electrons. The molecule has 0 atom stereocenters. The Morgan fingerprint density at radius 3 is 2.35 bits per heavy atom. The van der Waals surface area contributed by atoms with Gasteiger partial charge in [0.2, 0.25) is 5.91 Å². The van der Waals surface area contributed by atoms with E-state index < -0.39 is 44.8 Å². The molecule has 2 aromatic carbocycles. The van der Waals surface area contributed by atoms with Crippen molar-refractivity contribution in [2.24, 2.45) is 0 Å². The summed E-state index contributed by atoms with van der Waals surface area (Å²) in [6.07, 6.45) is -2.52. The van der Waals surface area contributed by atoms with Crippen molar-refractivity contribution < 1.29 is 26.4 Å². The number of aromatic nitrogens is 2. The van der Waals surface area contributed by atoms with Crippen molar-refractivity contribution in [2.75, 3.05) is 26.2 Å². The van der Waals surface area contributed by atoms with Crippen molar-refractivity contribution in [3.63, 3.8) is 0 Å². The highest BCUT2D eigenvalue weighted by Gasteiger charge is 2.33. The molecule has 0 bridgehead atoms. The first-order valence-electron chi connectivity index (χ1n) is 10.7. The largest absolute Gasteiger partial charge is 0.416 e. The lowest BCUT2D eigenvalue weighted by atomic mass is 10.2. The third kappa shape index (κ3) is 4.73. The van der Waals surface area contributed by atoms with E-state index in [0.717, 1.165) is 48.7 Å². The number of likely N-dealkylation sites (tertiary alicyclic amines) is 1. The Bertz CT molecular complexity index is 1370. The third-order valence-electron chi connectivity index (χ3n) is 5.75. The predicted octanol–water partition coefficient (Wildman–Crippen LogP) is 2.27. The maximum Gasteiger partial charge on any atom is 0.416 e. The summed E-state index contributed by atoms with van der Waals surface area (Å²) >= 11 is 0. The maximum absolute atomic E-state index is 13.2. The Kier molecular flexibility index (Phi) is 6.54. The molecular formula is C22H23F3N4O4S. The topological polar surface area (TPSA) is 93.4 Å². The molecule has 1 aliphatic rings. The fourth-order valence-electron chi connectivity index (χ4n) is 4.06. The summed E-state index contributed by atoms with van der Waals surface area (Å²) in [5.74, 6) is -0.472. The summed E-state index contributed by atoms with van der Waals surface area (Å²) in [6.45, 7) is 2.57. The van der Waals surface area contributed by atoms with Crippen LogP contribution in [0.15, 0.2) is 58.2 Å². The number of carbonyl (C=O) groups excluding carboxylic acids is 1. The molecule has 1 aliphatic heterocycles. The minimum absolute atomic E-state index is 0.0326. The number of carbonyl (C=O) groups is 1. The van der Waals surface area contributed by atoms with Gasteiger partial charge in [0, 0.05) is 13.1 Å². The van der Waals surface area contributed by atoms with Crippen LogP contribution < -0.4 is 11.0 Å². The number of nitrogens with zero attached hydrogens (tertiary/aromatic N) is 3. The minimum atomic E-state index is -4.75. The summed E-state index contributed by atoms with van der Waals surface area (Å²) in [6, 6.07) is 9.11. The summed E-state index contributed by atoms with van der Waals surface area (Å²) in [5.41, 5.74) is -2.04. The van der Waals surface area contributed by atoms with Gasteiger partial charge in [-0.2, -0.15) is 17.1 Å². The fraction of sp³-hybridized carbons (Fsp3) is 0.364. The van der Waals surface area contributed by atoms with Gasteiger partial charge in [-0.3, -0.25) is 9.36 Å². The molecule has 1 saturated heterocycles. The zero-order valence-corrected chi connectivity index (χ0v) is 18.9. The number of alkyl halides is 3. The van der Waals surface area contributed by atoms with Gasteiger partial charge in [-0.1, -0.05) is 18.2 Å². The lowest BCUT2D eigenvalue weighted by Gasteiger charge is -2.14. The van der Waals surface area contributed by atoms with E-state index in [1.165, 1.54) is 18.2 Å². The van der Waals surface area contributed by atoms with Gasteiger partial charge in [0.25, 0.3) is 10.0 Å². The number of hydrogen-bond acceptors (Lipinski definition) is 5. The first kappa shape index (κ1) is 24.0. The van der Waals surface area contributed by atoms with Crippen LogP contribution in [0.3, 0.4) is 0 Å². The molecule has 1 fully saturated rings. The molecule has 0 saturated carbocycles. The minimum Gasteiger partial charge on any atom is -0.353 e. The van der Waals surface area contributed by atoms with E-state index in [0.29, 0.717) is 23.1 Å². The van der Waals surface area contributed by atoms with Gasteiger partial charge in [-0.25, -0.2) is 13.2 Å². The highest BCUT2D eigenvalue weighted by molar-refractivity contribution is 7.90. The van der Waals surface area contributed by atoms with Crippen molar-refractivity contribution in [1.29, 1.82) is 0 Å². The molecular weight excluding hydrogens is 473 g/mol. The molecule has 0 spiro atoms. The average molecular weight is 497 g/mol. The Hall–Kier alpha value is -3.12. The number of nitrogens with one attached hydrogen (secondary N) is 1. The van der Waals surface area contributed by atoms with Crippen LogP contribution in [-0.4, -0.2) is 53.9 Å². The van der Waals surface area contributed by atoms with E-state index >= 15 is 0 Å². The molecule has 34 heavy (non-hydrogen) atoms. The summed E-state index contributed by atoms with van der Waals surface area (Å²) in [7, 11) is -4.68. The third-order valence-corrected chi connectivity index (χ3v) is 7.43. The number of halogens is 3. The SMILES string of the molecule is O=C(Cn1c(=O)n(S(=O)(=O)c2cccc(C(F)(F)F)c2)c2ccccc21)NCCN1CCCC1. The number of imidazole rings is 1. The van der Waals surface area contributed by atoms with Gasteiger partial charge in [-0.15, -0.1) is 0 Å². The Morgan fingerprint density at radius 2 is 1.68 bits per heavy atom. The molecule has 0 aliphatic carbocycles. The summed E-state index contributed by atoms with van der Waals surface area (Å²) in [5, 5.41) is 2.73. The van der Waals surface area contributed by atoms with Gasteiger partial charge >= 0.3 is 11.9 Å². The van der Waals surface area contributed by atoms with Gasteiger partial charge in [0.15, 0.2) is 0 Å². The second-order valence-electron chi connectivity index (χ2n) is 8.05. The van der Waals surface area contributed by atoms with Crippen LogP contribution >= 0.6 is 0 Å². The highest BCUT2D eigenvalue weighted by atomic mass is 32.2. The molecule has 12 heteroatoms. The lowest BCUT2D eigenvalue weighted by Crippen LogP contribution is -2.38. The van der Waals surface area contributed by atoms with Gasteiger partial charge in [0.05, 0.1) is 21.5 Å². The lowest BCUT2D eigenvalue weighted by molar-refractivity contribution is -0.137. The van der Waals surface area contributed by atoms with Gasteiger partial charge in [-0.05, 0) is 56.3 Å². The highest BCUT2D eigenvalue weighted by Crippen LogP contribution is 2.31. The van der Waals surface area contributed by atoms with Crippen molar-refractivity contribution in [3.05, 3.63) is 64.6 Å². The number of amides is 1. The second kappa shape index (κ2) is 9.26. The fourth-order valence-corrected chi connectivity index (χ4v) is 5.52. The normalized spacial score (nSPS) is 15.1. The van der Waals surface area contributed by atoms with Crippen molar-refractivity contribution >= 4 is 27.0 Å². The van der Waals surface area contributed by atoms with E-state index in [2.05, 4.69) is 10.2 Å². The van der Waals surface area contributed by atoms with Crippen LogP contribution in [0.2, 0.25) is 0 Å². The smallest absolute Gasteiger partial charge is 0.353 e. The maximum atomic E-state index is 13.2. The van der Waals surface area contributed by atoms with Crippen LogP contribution in [0, 0.1) is 0 Å². The van der Waals surface area contributed by atoms with Crippen molar-refractivity contribution in [2.45, 2.75) is 30.5 Å². The van der Waals surface area contributed by atoms with E-state index in [9.17, 15) is 31.2 Å². The number of fused-ring (bicyclic) bond motifs is 1. The molecule has 2 heterocycles. The predicted molar refractivity (Wildman–Crippen MR) is 119 cm³/mol. The Balaban J connectivity index is 1.66. The number of rotatable bonds is 7. The van der Waals surface area contributed by atoms with E-state index in [4.69, 9.17) is 0 Å². The van der Waals surface area contributed by atoms with Crippen LogP contribution in [0.1, 0.15) is 18.4 Å². The standard InChI is InChI=1S/C22H23F3N4O4S/c23-22(24,25)16-6-5-7-17(14-16)34(32,33)29-19-9-2-1-8-18(19)28(21(29)31)15-20(30)26-10-13-27-11-3-4-12-27/h1-2,5-9,14H,3-4,10-13,15H2,(H,26,30). The first-order chi connectivity index (χ1) is 16.1. The van der Waals surface area contributed by atoms with Gasteiger partial charge < -0.3 is 10.2 Å². The van der Waals surface area contributed by atoms with E-state index in [1.54, 1.807) is 6.07 Å². The van der Waals surface area contributed by atoms with Gasteiger partial charge in [0.1, 0.15) is 6.54 Å². The van der Waals surface area contributed by atoms with E-state index in [-0.39, 0.29) is 11.0 Å². The molecule has 8 nitrogen and oxygen atoms in total. The molecule has 1 amide bonds. The van der Waals surface area contributed by atoms with E-state index in [1.807, 2.05) is 0 Å². The van der Waals surface area contributed by atoms with Crippen LogP contribution in [-0.2, 0) is 27.5 Å². The molecule has 1 N–H and O–H groups in total. The number of benzene rings is 2.